The molecule has 3 aliphatic heterocycles. The summed E-state index contributed by atoms with van der Waals surface area (Å²) in [5.41, 5.74) is -0.961. The Bertz CT molecular complexity index is 1510. The molecule has 0 aromatic heterocycles. The van der Waals surface area contributed by atoms with Crippen molar-refractivity contribution in [1.29, 1.82) is 0 Å². The number of carbonyl (C=O) groups is 1. The minimum absolute atomic E-state index is 0.0156. The number of hydrogen-bond donors (Lipinski definition) is 3. The Hall–Kier alpha value is -4.74. The number of nitrogens with one attached hydrogen (secondary N) is 1. The third-order valence-corrected chi connectivity index (χ3v) is 7.49. The van der Waals surface area contributed by atoms with Gasteiger partial charge in [0.05, 0.1) is 17.9 Å². The van der Waals surface area contributed by atoms with Crippen LogP contribution in [0.2, 0.25) is 0 Å². The Morgan fingerprint density at radius 1 is 0.837 bits per heavy atom. The molecular weight excluding hydrogens is 561 g/mol. The van der Waals surface area contributed by atoms with E-state index in [0.29, 0.717) is 23.0 Å². The van der Waals surface area contributed by atoms with Crippen LogP contribution in [0.25, 0.3) is 0 Å². The largest absolute Gasteiger partial charge is 0.490 e. The molecule has 43 heavy (non-hydrogen) atoms. The first-order valence-electron chi connectivity index (χ1n) is 13.7. The summed E-state index contributed by atoms with van der Waals surface area (Å²) in [6.45, 7) is 6.94. The molecule has 10 nitrogen and oxygen atoms in total. The Balaban J connectivity index is 1.62. The van der Waals surface area contributed by atoms with Gasteiger partial charge in [-0.25, -0.2) is 4.39 Å². The summed E-state index contributed by atoms with van der Waals surface area (Å²) in [4.78, 5) is 14.4. The number of hydrogen-bond acceptors (Lipinski definition) is 9. The van der Waals surface area contributed by atoms with E-state index >= 15 is 4.39 Å². The average Bonchev–Trinajstić information content (AvgIpc) is 3.72. The van der Waals surface area contributed by atoms with Gasteiger partial charge in [0.15, 0.2) is 23.0 Å². The fourth-order valence-electron chi connectivity index (χ4n) is 5.54. The van der Waals surface area contributed by atoms with Crippen LogP contribution in [0.4, 0.5) is 10.1 Å². The summed E-state index contributed by atoms with van der Waals surface area (Å²) >= 11 is 0. The number of amides is 1. The van der Waals surface area contributed by atoms with Crippen molar-refractivity contribution in [3.05, 3.63) is 90.3 Å². The fraction of sp³-hybridized carbons (Fsp3) is 0.281. The molecule has 0 radical (unpaired) electrons. The standard InChI is InChI=1S/C32H30FNO9/c1-3-6-18(35)14-38-24-12-28-26(40-16-42-28)10-21(24)32(20-8-5-9-23(33)30(20)34-31(32)37)22-11-27-29(43-17-41-27)13-25(22)39-15-19(36)7-4-2/h3-5,8-13,18-19,35-36H,1-2,6-7,14-17H2,(H,34,37)/t18-,19-/m1/s1. The molecule has 6 rings (SSSR count). The maximum atomic E-state index is 15.3. The minimum atomic E-state index is -1.78. The lowest BCUT2D eigenvalue weighted by Gasteiger charge is -2.32. The van der Waals surface area contributed by atoms with Gasteiger partial charge in [0.1, 0.15) is 35.9 Å². The summed E-state index contributed by atoms with van der Waals surface area (Å²) in [6.07, 6.45) is 1.90. The molecule has 0 spiro atoms. The van der Waals surface area contributed by atoms with E-state index in [1.807, 2.05) is 0 Å². The lowest BCUT2D eigenvalue weighted by Crippen LogP contribution is -2.38. The highest BCUT2D eigenvalue weighted by Crippen LogP contribution is 2.57. The molecule has 3 aliphatic rings. The zero-order valence-corrected chi connectivity index (χ0v) is 23.1. The number of anilines is 1. The number of carbonyl (C=O) groups excluding carboxylic acids is 1. The Morgan fingerprint density at radius 3 is 1.81 bits per heavy atom. The normalized spacial score (nSPS) is 16.7. The van der Waals surface area contributed by atoms with Gasteiger partial charge in [-0.2, -0.15) is 0 Å². The van der Waals surface area contributed by atoms with Gasteiger partial charge in [-0.3, -0.25) is 4.79 Å². The molecule has 0 saturated carbocycles. The van der Waals surface area contributed by atoms with Crippen LogP contribution >= 0.6 is 0 Å². The van der Waals surface area contributed by atoms with Gasteiger partial charge in [-0.1, -0.05) is 24.3 Å². The molecule has 3 aromatic rings. The van der Waals surface area contributed by atoms with Gasteiger partial charge in [-0.15, -0.1) is 13.2 Å². The smallest absolute Gasteiger partial charge is 0.244 e. The van der Waals surface area contributed by atoms with E-state index < -0.39 is 29.3 Å². The number of halogens is 1. The van der Waals surface area contributed by atoms with Gasteiger partial charge in [0, 0.05) is 28.8 Å². The molecule has 1 amide bonds. The molecule has 0 saturated heterocycles. The number of benzene rings is 3. The molecule has 11 heteroatoms. The maximum absolute atomic E-state index is 15.3. The fourth-order valence-corrected chi connectivity index (χ4v) is 5.54. The Morgan fingerprint density at radius 2 is 1.33 bits per heavy atom. The molecule has 3 aromatic carbocycles. The predicted octanol–water partition coefficient (Wildman–Crippen LogP) is 4.20. The van der Waals surface area contributed by atoms with E-state index in [-0.39, 0.29) is 73.5 Å². The number of aliphatic hydroxyl groups is 2. The number of aliphatic hydroxyl groups excluding tert-OH is 2. The second-order valence-electron chi connectivity index (χ2n) is 10.2. The lowest BCUT2D eigenvalue weighted by atomic mass is 9.69. The van der Waals surface area contributed by atoms with Crippen LogP contribution in [0.1, 0.15) is 29.5 Å². The van der Waals surface area contributed by atoms with Crippen LogP contribution in [0.3, 0.4) is 0 Å². The molecule has 0 unspecified atom stereocenters. The molecular formula is C32H30FNO9. The zero-order valence-electron chi connectivity index (χ0n) is 23.1. The quantitative estimate of drug-likeness (QED) is 0.266. The number of fused-ring (bicyclic) bond motifs is 3. The Labute approximate surface area is 246 Å². The Kier molecular flexibility index (Phi) is 7.59. The van der Waals surface area contributed by atoms with Gasteiger partial charge in [0.2, 0.25) is 19.5 Å². The summed E-state index contributed by atoms with van der Waals surface area (Å²) in [7, 11) is 0. The topological polar surface area (TPSA) is 125 Å². The molecule has 3 heterocycles. The van der Waals surface area contributed by atoms with Crippen molar-refractivity contribution in [3.63, 3.8) is 0 Å². The minimum Gasteiger partial charge on any atom is -0.490 e. The highest BCUT2D eigenvalue weighted by molar-refractivity contribution is 6.12. The zero-order chi connectivity index (χ0) is 30.1. The van der Waals surface area contributed by atoms with Crippen molar-refractivity contribution in [3.8, 4) is 34.5 Å². The van der Waals surface area contributed by atoms with E-state index in [4.69, 9.17) is 28.4 Å². The summed E-state index contributed by atoms with van der Waals surface area (Å²) < 4.78 is 50.2. The third-order valence-electron chi connectivity index (χ3n) is 7.49. The third kappa shape index (κ3) is 4.90. The molecule has 2 atom stereocenters. The van der Waals surface area contributed by atoms with Crippen LogP contribution in [0, 0.1) is 5.82 Å². The SMILES string of the molecule is C=CC[C@@H](O)COc1cc2c(cc1C1(c3cc4c(cc3OC[C@H](O)CC=C)OCO4)C(=O)Nc3c(F)cccc31)OCO2. The molecule has 224 valence electrons. The van der Waals surface area contributed by atoms with E-state index in [1.165, 1.54) is 12.1 Å². The van der Waals surface area contributed by atoms with E-state index in [2.05, 4.69) is 18.5 Å². The lowest BCUT2D eigenvalue weighted by molar-refractivity contribution is -0.118. The molecule has 0 fully saturated rings. The van der Waals surface area contributed by atoms with Crippen LogP contribution in [0.15, 0.2) is 67.8 Å². The van der Waals surface area contributed by atoms with Crippen molar-refractivity contribution < 1.29 is 47.8 Å². The monoisotopic (exact) mass is 591 g/mol. The van der Waals surface area contributed by atoms with Crippen molar-refractivity contribution >= 4 is 11.6 Å². The predicted molar refractivity (Wildman–Crippen MR) is 153 cm³/mol. The highest BCUT2D eigenvalue weighted by atomic mass is 19.1. The van der Waals surface area contributed by atoms with Crippen LogP contribution in [0.5, 0.6) is 34.5 Å². The second kappa shape index (κ2) is 11.5. The van der Waals surface area contributed by atoms with E-state index in [9.17, 15) is 15.0 Å². The van der Waals surface area contributed by atoms with Crippen LogP contribution < -0.4 is 33.7 Å². The van der Waals surface area contributed by atoms with Crippen LogP contribution in [-0.4, -0.2) is 55.1 Å². The van der Waals surface area contributed by atoms with Crippen LogP contribution in [-0.2, 0) is 10.2 Å². The summed E-state index contributed by atoms with van der Waals surface area (Å²) in [5.74, 6) is 0.579. The van der Waals surface area contributed by atoms with Gasteiger partial charge >= 0.3 is 0 Å². The average molecular weight is 592 g/mol. The summed E-state index contributed by atoms with van der Waals surface area (Å²) in [6, 6.07) is 10.8. The first-order chi connectivity index (χ1) is 20.9. The van der Waals surface area contributed by atoms with Crippen molar-refractivity contribution in [1.82, 2.24) is 0 Å². The van der Waals surface area contributed by atoms with Gasteiger partial charge in [0.25, 0.3) is 0 Å². The molecule has 0 aliphatic carbocycles. The van der Waals surface area contributed by atoms with Crippen molar-refractivity contribution in [2.24, 2.45) is 0 Å². The number of ether oxygens (including phenoxy) is 6. The first-order valence-corrected chi connectivity index (χ1v) is 13.7. The van der Waals surface area contributed by atoms with Crippen molar-refractivity contribution in [2.75, 3.05) is 32.1 Å². The molecule has 3 N–H and O–H groups in total. The first kappa shape index (κ1) is 28.4. The summed E-state index contributed by atoms with van der Waals surface area (Å²) in [5, 5.41) is 23.6. The van der Waals surface area contributed by atoms with E-state index in [1.54, 1.807) is 42.5 Å². The second-order valence-corrected chi connectivity index (χ2v) is 10.2. The van der Waals surface area contributed by atoms with Gasteiger partial charge in [-0.05, 0) is 31.0 Å². The highest BCUT2D eigenvalue weighted by Gasteiger charge is 2.55. The number of rotatable bonds is 12. The molecule has 0 bridgehead atoms. The maximum Gasteiger partial charge on any atom is 0.244 e. The van der Waals surface area contributed by atoms with Gasteiger partial charge < -0.3 is 44.0 Å². The van der Waals surface area contributed by atoms with Crippen molar-refractivity contribution in [2.45, 2.75) is 30.5 Å². The number of para-hydroxylation sites is 1. The van der Waals surface area contributed by atoms with E-state index in [0.717, 1.165) is 0 Å².